The maximum absolute atomic E-state index is 12.0. The van der Waals surface area contributed by atoms with Crippen LogP contribution < -0.4 is 5.32 Å². The molecule has 0 bridgehead atoms. The van der Waals surface area contributed by atoms with E-state index in [2.05, 4.69) is 5.32 Å². The number of carbonyl (C=O) groups excluding carboxylic acids is 2. The second kappa shape index (κ2) is 6.74. The first-order valence-corrected chi connectivity index (χ1v) is 7.17. The molecule has 1 heterocycles. The van der Waals surface area contributed by atoms with E-state index in [1.807, 2.05) is 6.07 Å². The molecule has 1 atom stereocenters. The van der Waals surface area contributed by atoms with Gasteiger partial charge in [-0.1, -0.05) is 0 Å². The fraction of sp³-hybridized carbons (Fsp3) is 0.133. The van der Waals surface area contributed by atoms with Gasteiger partial charge in [-0.05, 0) is 42.6 Å². The number of phenols is 1. The van der Waals surface area contributed by atoms with Gasteiger partial charge in [0.25, 0.3) is 5.91 Å². The summed E-state index contributed by atoms with van der Waals surface area (Å²) in [5, 5.41) is 22.7. The van der Waals surface area contributed by atoms with Gasteiger partial charge >= 0.3 is 5.97 Å². The zero-order chi connectivity index (χ0) is 16.1. The maximum atomic E-state index is 12.0. The fourth-order valence-corrected chi connectivity index (χ4v) is 2.33. The van der Waals surface area contributed by atoms with Gasteiger partial charge in [-0.25, -0.2) is 4.79 Å². The van der Waals surface area contributed by atoms with Crippen molar-refractivity contribution in [1.82, 2.24) is 0 Å². The molecular formula is C15H12N2O4S. The Bertz CT molecular complexity index is 731. The molecular weight excluding hydrogens is 304 g/mol. The molecule has 1 aromatic carbocycles. The number of thiophene rings is 1. The molecule has 0 aliphatic rings. The van der Waals surface area contributed by atoms with Crippen molar-refractivity contribution in [2.24, 2.45) is 0 Å². The lowest BCUT2D eigenvalue weighted by Gasteiger charge is -2.13. The molecule has 112 valence electrons. The lowest BCUT2D eigenvalue weighted by molar-refractivity contribution is -0.123. The Morgan fingerprint density at radius 3 is 2.64 bits per heavy atom. The first-order valence-electron chi connectivity index (χ1n) is 6.29. The first kappa shape index (κ1) is 15.5. The van der Waals surface area contributed by atoms with Gasteiger partial charge in [0.15, 0.2) is 6.10 Å². The molecule has 0 radical (unpaired) electrons. The van der Waals surface area contributed by atoms with Crippen LogP contribution in [0.15, 0.2) is 35.7 Å². The topological polar surface area (TPSA) is 99.4 Å². The van der Waals surface area contributed by atoms with Crippen LogP contribution in [0.25, 0.3) is 0 Å². The van der Waals surface area contributed by atoms with Crippen molar-refractivity contribution >= 4 is 28.2 Å². The van der Waals surface area contributed by atoms with Crippen molar-refractivity contribution in [3.8, 4) is 11.8 Å². The minimum atomic E-state index is -1.02. The summed E-state index contributed by atoms with van der Waals surface area (Å²) in [4.78, 5) is 23.8. The van der Waals surface area contributed by atoms with Crippen LogP contribution in [0.5, 0.6) is 5.75 Å². The highest BCUT2D eigenvalue weighted by atomic mass is 32.1. The van der Waals surface area contributed by atoms with Crippen LogP contribution in [0.3, 0.4) is 0 Å². The summed E-state index contributed by atoms with van der Waals surface area (Å²) in [7, 11) is 0. The van der Waals surface area contributed by atoms with E-state index in [0.717, 1.165) is 0 Å². The Kier molecular flexibility index (Phi) is 4.76. The van der Waals surface area contributed by atoms with Crippen LogP contribution >= 0.6 is 11.3 Å². The van der Waals surface area contributed by atoms with E-state index in [1.165, 1.54) is 42.5 Å². The highest BCUT2D eigenvalue weighted by molar-refractivity contribution is 7.14. The third-order valence-corrected chi connectivity index (χ3v) is 3.61. The average Bonchev–Trinajstić information content (AvgIpc) is 2.94. The zero-order valence-corrected chi connectivity index (χ0v) is 12.4. The van der Waals surface area contributed by atoms with Crippen LogP contribution in [-0.4, -0.2) is 23.1 Å². The number of carbonyl (C=O) groups is 2. The third-order valence-electron chi connectivity index (χ3n) is 2.78. The van der Waals surface area contributed by atoms with E-state index in [1.54, 1.807) is 11.4 Å². The summed E-state index contributed by atoms with van der Waals surface area (Å²) in [5.74, 6) is -1.16. The number of phenolic OH excluding ortho intramolecular Hbond substituents is 1. The maximum Gasteiger partial charge on any atom is 0.338 e. The van der Waals surface area contributed by atoms with E-state index in [-0.39, 0.29) is 11.3 Å². The standard InChI is InChI=1S/C15H12N2O4S/c1-9(13(19)17-14-11(8-16)6-7-22-14)21-15(20)10-2-4-12(18)5-3-10/h2-7,9,18H,1H3,(H,17,19). The summed E-state index contributed by atoms with van der Waals surface area (Å²) >= 11 is 1.21. The minimum absolute atomic E-state index is 0.0315. The number of nitrogens with zero attached hydrogens (tertiary/aromatic N) is 1. The number of hydrogen-bond acceptors (Lipinski definition) is 6. The quantitative estimate of drug-likeness (QED) is 0.844. The number of ether oxygens (including phenoxy) is 1. The van der Waals surface area contributed by atoms with Gasteiger partial charge in [0.1, 0.15) is 16.8 Å². The van der Waals surface area contributed by atoms with Crippen molar-refractivity contribution in [2.45, 2.75) is 13.0 Å². The molecule has 1 amide bonds. The van der Waals surface area contributed by atoms with E-state index >= 15 is 0 Å². The van der Waals surface area contributed by atoms with E-state index in [0.29, 0.717) is 10.6 Å². The summed E-state index contributed by atoms with van der Waals surface area (Å²) in [5.41, 5.74) is 0.585. The van der Waals surface area contributed by atoms with Crippen molar-refractivity contribution in [2.75, 3.05) is 5.32 Å². The van der Waals surface area contributed by atoms with Gasteiger partial charge in [-0.15, -0.1) is 11.3 Å². The number of esters is 1. The Morgan fingerprint density at radius 2 is 2.00 bits per heavy atom. The summed E-state index contributed by atoms with van der Waals surface area (Å²) in [6.45, 7) is 1.44. The molecule has 2 rings (SSSR count). The average molecular weight is 316 g/mol. The van der Waals surface area contributed by atoms with Crippen LogP contribution in [0.2, 0.25) is 0 Å². The van der Waals surface area contributed by atoms with Crippen LogP contribution in [0.4, 0.5) is 5.00 Å². The number of benzene rings is 1. The molecule has 0 aliphatic carbocycles. The summed E-state index contributed by atoms with van der Waals surface area (Å²) < 4.78 is 5.05. The molecule has 0 aliphatic heterocycles. The van der Waals surface area contributed by atoms with Gasteiger partial charge in [-0.2, -0.15) is 5.26 Å². The number of hydrogen-bond donors (Lipinski definition) is 2. The molecule has 0 spiro atoms. The van der Waals surface area contributed by atoms with Crippen molar-refractivity contribution in [1.29, 1.82) is 5.26 Å². The Morgan fingerprint density at radius 1 is 1.32 bits per heavy atom. The predicted octanol–water partition coefficient (Wildman–Crippen LogP) is 2.51. The van der Waals surface area contributed by atoms with E-state index < -0.39 is 18.0 Å². The van der Waals surface area contributed by atoms with Crippen LogP contribution in [0.1, 0.15) is 22.8 Å². The molecule has 0 fully saturated rings. The summed E-state index contributed by atoms with van der Waals surface area (Å²) in [6.07, 6.45) is -1.02. The van der Waals surface area contributed by atoms with Gasteiger partial charge in [-0.3, -0.25) is 4.79 Å². The smallest absolute Gasteiger partial charge is 0.338 e. The number of nitriles is 1. The largest absolute Gasteiger partial charge is 0.508 e. The highest BCUT2D eigenvalue weighted by Gasteiger charge is 2.20. The Labute approximate surface area is 130 Å². The monoisotopic (exact) mass is 316 g/mol. The van der Waals surface area contributed by atoms with Gasteiger partial charge in [0.2, 0.25) is 0 Å². The van der Waals surface area contributed by atoms with Crippen molar-refractivity contribution < 1.29 is 19.4 Å². The highest BCUT2D eigenvalue weighted by Crippen LogP contribution is 2.22. The number of anilines is 1. The number of nitrogens with one attached hydrogen (secondary N) is 1. The summed E-state index contributed by atoms with van der Waals surface area (Å²) in [6, 6.07) is 9.05. The van der Waals surface area contributed by atoms with Crippen LogP contribution in [0, 0.1) is 11.3 Å². The molecule has 7 heteroatoms. The third kappa shape index (κ3) is 3.62. The second-order valence-corrected chi connectivity index (χ2v) is 5.27. The number of amides is 1. The fourth-order valence-electron chi connectivity index (χ4n) is 1.59. The van der Waals surface area contributed by atoms with Gasteiger partial charge < -0.3 is 15.2 Å². The van der Waals surface area contributed by atoms with Crippen molar-refractivity contribution in [3.63, 3.8) is 0 Å². The van der Waals surface area contributed by atoms with Gasteiger partial charge in [0.05, 0.1) is 11.1 Å². The molecule has 6 nitrogen and oxygen atoms in total. The predicted molar refractivity (Wildman–Crippen MR) is 80.6 cm³/mol. The Balaban J connectivity index is 1.98. The molecule has 2 aromatic rings. The normalized spacial score (nSPS) is 11.3. The SMILES string of the molecule is CC(OC(=O)c1ccc(O)cc1)C(=O)Nc1sccc1C#N. The molecule has 2 N–H and O–H groups in total. The van der Waals surface area contributed by atoms with Crippen LogP contribution in [-0.2, 0) is 9.53 Å². The lowest BCUT2D eigenvalue weighted by Crippen LogP contribution is -2.29. The molecule has 0 saturated heterocycles. The molecule has 1 unspecified atom stereocenters. The number of rotatable bonds is 4. The Hall–Kier alpha value is -2.85. The number of aromatic hydroxyl groups is 1. The van der Waals surface area contributed by atoms with E-state index in [9.17, 15) is 9.59 Å². The minimum Gasteiger partial charge on any atom is -0.508 e. The van der Waals surface area contributed by atoms with Crippen molar-refractivity contribution in [3.05, 3.63) is 46.8 Å². The molecule has 0 saturated carbocycles. The van der Waals surface area contributed by atoms with E-state index in [4.69, 9.17) is 15.1 Å². The first-order chi connectivity index (χ1) is 10.5. The molecule has 22 heavy (non-hydrogen) atoms. The second-order valence-electron chi connectivity index (χ2n) is 4.36. The zero-order valence-electron chi connectivity index (χ0n) is 11.6. The molecule has 1 aromatic heterocycles. The van der Waals surface area contributed by atoms with Gasteiger partial charge in [0, 0.05) is 0 Å². The lowest BCUT2D eigenvalue weighted by atomic mass is 10.2.